The lowest BCUT2D eigenvalue weighted by Crippen LogP contribution is -2.59. The van der Waals surface area contributed by atoms with Gasteiger partial charge < -0.3 is 28.2 Å². The predicted molar refractivity (Wildman–Crippen MR) is 272 cm³/mol. The summed E-state index contributed by atoms with van der Waals surface area (Å²) in [7, 11) is -6.22. The van der Waals surface area contributed by atoms with Crippen LogP contribution >= 0.6 is 0 Å². The minimum Gasteiger partial charge on any atom is -0.743 e. The van der Waals surface area contributed by atoms with E-state index in [2.05, 4.69) is 127 Å². The Balaban J connectivity index is 0.000000165. The van der Waals surface area contributed by atoms with Crippen molar-refractivity contribution in [2.75, 3.05) is 6.61 Å². The van der Waals surface area contributed by atoms with Gasteiger partial charge in [-0.2, -0.15) is 17.6 Å². The van der Waals surface area contributed by atoms with Crippen molar-refractivity contribution in [3.63, 3.8) is 0 Å². The molecule has 76 heavy (non-hydrogen) atoms. The molecule has 3 aromatic carbocycles. The number of benzene rings is 3. The van der Waals surface area contributed by atoms with Crippen LogP contribution in [0.25, 0.3) is 0 Å². The molecule has 0 N–H and O–H groups in total. The monoisotopic (exact) mass is 1100 g/mol. The van der Waals surface area contributed by atoms with Crippen molar-refractivity contribution in [2.45, 2.75) is 142 Å². The second-order valence-corrected chi connectivity index (χ2v) is 24.0. The van der Waals surface area contributed by atoms with Gasteiger partial charge >= 0.3 is 41.0 Å². The molecule has 6 bridgehead atoms. The molecule has 6 atom stereocenters. The number of fused-ring (bicyclic) bond motifs is 1. The summed E-state index contributed by atoms with van der Waals surface area (Å²) in [6.07, 6.45) is 5.93. The van der Waals surface area contributed by atoms with E-state index in [1.807, 2.05) is 0 Å². The molecule has 1 saturated heterocycles. The fraction of sp³-hybridized carbons (Fsp3) is 0.491. The molecule has 3 aromatic rings. The summed E-state index contributed by atoms with van der Waals surface area (Å²) in [6, 6.07) is 32.2. The Kier molecular flexibility index (Phi) is 19.3. The Labute approximate surface area is 444 Å². The molecular formula is C57H66F4O13S2. The molecule has 6 aliphatic carbocycles. The highest BCUT2D eigenvalue weighted by atomic mass is 32.2. The van der Waals surface area contributed by atoms with Gasteiger partial charge in [0.15, 0.2) is 37.5 Å². The molecule has 13 nitrogen and oxygen atoms in total. The van der Waals surface area contributed by atoms with E-state index in [1.165, 1.54) is 46.8 Å². The summed E-state index contributed by atoms with van der Waals surface area (Å²) in [5.41, 5.74) is 0.514. The van der Waals surface area contributed by atoms with Crippen LogP contribution < -0.4 is 0 Å². The van der Waals surface area contributed by atoms with Crippen molar-refractivity contribution in [1.82, 2.24) is 0 Å². The Morgan fingerprint density at radius 2 is 1.18 bits per heavy atom. The van der Waals surface area contributed by atoms with Crippen molar-refractivity contribution in [2.24, 2.45) is 41.4 Å². The quantitative estimate of drug-likeness (QED) is 0.0329. The number of hydrogen-bond acceptors (Lipinski definition) is 13. The van der Waals surface area contributed by atoms with Crippen LogP contribution in [0.1, 0.15) is 92.4 Å². The van der Waals surface area contributed by atoms with E-state index in [-0.39, 0.29) is 64.0 Å². The largest absolute Gasteiger partial charge is 0.743 e. The maximum absolute atomic E-state index is 13.7. The normalized spacial score (nSPS) is 26.7. The Morgan fingerprint density at radius 1 is 0.724 bits per heavy atom. The molecule has 412 valence electrons. The summed E-state index contributed by atoms with van der Waals surface area (Å²) in [6.45, 7) is 15.8. The number of hydrogen-bond donors (Lipinski definition) is 0. The molecule has 0 spiro atoms. The number of esters is 5. The van der Waals surface area contributed by atoms with E-state index < -0.39 is 52.4 Å². The van der Waals surface area contributed by atoms with E-state index in [0.29, 0.717) is 28.9 Å². The number of alkyl halides is 4. The number of ether oxygens (including phenoxy) is 5. The van der Waals surface area contributed by atoms with Gasteiger partial charge in [0.2, 0.25) is 0 Å². The van der Waals surface area contributed by atoms with Crippen molar-refractivity contribution < 1.29 is 78.2 Å². The fourth-order valence-electron chi connectivity index (χ4n) is 11.5. The first-order valence-electron chi connectivity index (χ1n) is 25.3. The van der Waals surface area contributed by atoms with E-state index in [4.69, 9.17) is 14.2 Å². The van der Waals surface area contributed by atoms with Crippen molar-refractivity contribution >= 4 is 50.9 Å². The van der Waals surface area contributed by atoms with Gasteiger partial charge in [-0.1, -0.05) is 88.2 Å². The molecule has 19 heteroatoms. The summed E-state index contributed by atoms with van der Waals surface area (Å²) in [5.74, 6) is -5.32. The minimum atomic E-state index is -6.20. The third-order valence-electron chi connectivity index (χ3n) is 15.0. The second-order valence-electron chi connectivity index (χ2n) is 20.5. The van der Waals surface area contributed by atoms with Crippen molar-refractivity contribution in [3.8, 4) is 0 Å². The second kappa shape index (κ2) is 24.7. The zero-order valence-corrected chi connectivity index (χ0v) is 44.9. The number of carbonyl (C=O) groups is 5. The standard InChI is InChI=1S/C18H15S.C16H24O2.C12H14O4.C11H14F4O7S/c1-4-10-16(11-5-1)19(17-12-6-2-7-13-17)18-14-8-3-9-15-18;1-4-16(18-15(17)10(2)3)13-6-11-5-12(8-13)9-14(16)7-11;1-5(2)11(13)15-9-6-3-7-8(4-6)12(14)16-10(7)9;1-4-7(22-8(16)6(2)3)11(14,15)9(17)21-5-10(12,13)23(18,19)20/h1-15H;11-14H,2,4-9H2,1,3H3;6-10H,1,3-4H2,2H3;7H,2,4-5H2,1,3H3,(H,18,19,20)/q+1;;;/p-1. The van der Waals surface area contributed by atoms with Gasteiger partial charge in [0.25, 0.3) is 0 Å². The van der Waals surface area contributed by atoms with Gasteiger partial charge in [0, 0.05) is 28.6 Å². The van der Waals surface area contributed by atoms with Crippen LogP contribution in [0.5, 0.6) is 0 Å². The molecular weight excluding hydrogens is 1030 g/mol. The van der Waals surface area contributed by atoms with E-state index in [9.17, 15) is 54.5 Å². The van der Waals surface area contributed by atoms with E-state index >= 15 is 0 Å². The van der Waals surface area contributed by atoms with Crippen LogP contribution in [0, 0.1) is 41.4 Å². The summed E-state index contributed by atoms with van der Waals surface area (Å²) < 4.78 is 108. The highest BCUT2D eigenvalue weighted by Gasteiger charge is 2.63. The van der Waals surface area contributed by atoms with Crippen LogP contribution in [0.2, 0.25) is 0 Å². The summed E-state index contributed by atoms with van der Waals surface area (Å²) >= 11 is 0. The Bertz CT molecular complexity index is 2600. The maximum atomic E-state index is 13.7. The molecule has 6 unspecified atom stereocenters. The van der Waals surface area contributed by atoms with E-state index in [0.717, 1.165) is 44.9 Å². The van der Waals surface area contributed by atoms with E-state index in [1.54, 1.807) is 13.8 Å². The Morgan fingerprint density at radius 3 is 1.59 bits per heavy atom. The fourth-order valence-corrected chi connectivity index (χ4v) is 13.8. The minimum absolute atomic E-state index is 0.0146. The molecule has 0 radical (unpaired) electrons. The average Bonchev–Trinajstić information content (AvgIpc) is 4.03. The van der Waals surface area contributed by atoms with Gasteiger partial charge in [-0.15, -0.1) is 0 Å². The van der Waals surface area contributed by atoms with Gasteiger partial charge in [-0.05, 0) is 139 Å². The smallest absolute Gasteiger partial charge is 0.381 e. The molecule has 1 aliphatic heterocycles. The number of rotatable bonds is 16. The summed E-state index contributed by atoms with van der Waals surface area (Å²) in [4.78, 5) is 61.4. The van der Waals surface area contributed by atoms with Crippen LogP contribution in [0.4, 0.5) is 17.6 Å². The maximum Gasteiger partial charge on any atom is 0.381 e. The van der Waals surface area contributed by atoms with Crippen molar-refractivity contribution in [3.05, 3.63) is 127 Å². The molecule has 7 aliphatic rings. The molecule has 7 fully saturated rings. The molecule has 0 amide bonds. The topological polar surface area (TPSA) is 189 Å². The molecule has 1 heterocycles. The number of halogens is 4. The highest BCUT2D eigenvalue weighted by Crippen LogP contribution is 2.61. The lowest BCUT2D eigenvalue weighted by Gasteiger charge is -2.60. The first-order chi connectivity index (χ1) is 35.7. The van der Waals surface area contributed by atoms with Gasteiger partial charge in [0.05, 0.1) is 16.8 Å². The van der Waals surface area contributed by atoms with Gasteiger partial charge in [0.1, 0.15) is 17.8 Å². The van der Waals surface area contributed by atoms with Crippen LogP contribution in [0.15, 0.2) is 142 Å². The first kappa shape index (κ1) is 59.5. The predicted octanol–water partition coefficient (Wildman–Crippen LogP) is 10.7. The third-order valence-corrected chi connectivity index (χ3v) is 18.1. The van der Waals surface area contributed by atoms with Crippen molar-refractivity contribution in [1.29, 1.82) is 0 Å². The molecule has 6 saturated carbocycles. The lowest BCUT2D eigenvalue weighted by molar-refractivity contribution is -0.207. The zero-order chi connectivity index (χ0) is 55.9. The molecule has 0 aromatic heterocycles. The van der Waals surface area contributed by atoms with Crippen LogP contribution in [-0.2, 0) is 68.7 Å². The lowest BCUT2D eigenvalue weighted by atomic mass is 9.49. The third kappa shape index (κ3) is 13.5. The van der Waals surface area contributed by atoms with Gasteiger partial charge in [-0.3, -0.25) is 4.79 Å². The average molecular weight is 1100 g/mol. The number of carbonyl (C=O) groups excluding carboxylic acids is 5. The molecule has 10 rings (SSSR count). The zero-order valence-electron chi connectivity index (χ0n) is 43.3. The highest BCUT2D eigenvalue weighted by molar-refractivity contribution is 7.97. The van der Waals surface area contributed by atoms with Crippen LogP contribution in [-0.4, -0.2) is 84.5 Å². The van der Waals surface area contributed by atoms with Crippen LogP contribution in [0.3, 0.4) is 0 Å². The van der Waals surface area contributed by atoms with Gasteiger partial charge in [-0.25, -0.2) is 27.6 Å². The Hall–Kier alpha value is -5.79. The first-order valence-corrected chi connectivity index (χ1v) is 28.0. The SMILES string of the molecule is C=C(C)C(=O)OC(CC)C(F)(F)C(=O)OCC(F)(F)S(=O)(=O)[O-].C=C(C)C(=O)OC1(CC)C2CC3CC(C2)CC1C3.C=C(C)C(=O)OC1C2CC3C(=O)OC1C3C2.c1ccc([S+](c2ccccc2)c2ccccc2)cc1. The summed E-state index contributed by atoms with van der Waals surface area (Å²) in [5, 5.41) is -5.07.